The first kappa shape index (κ1) is 18.0. The third kappa shape index (κ3) is 4.81. The van der Waals surface area contributed by atoms with Gasteiger partial charge in [0.25, 0.3) is 0 Å². The van der Waals surface area contributed by atoms with Crippen LogP contribution in [-0.4, -0.2) is 66.2 Å². The maximum absolute atomic E-state index is 12.8. The van der Waals surface area contributed by atoms with Crippen LogP contribution in [0.1, 0.15) is 16.8 Å². The zero-order valence-corrected chi connectivity index (χ0v) is 14.3. The van der Waals surface area contributed by atoms with Crippen molar-refractivity contribution in [1.82, 2.24) is 20.1 Å². The van der Waals surface area contributed by atoms with Crippen LogP contribution in [0.2, 0.25) is 0 Å². The predicted molar refractivity (Wildman–Crippen MR) is 85.7 cm³/mol. The summed E-state index contributed by atoms with van der Waals surface area (Å²) in [6.45, 7) is 5.60. The standard InChI is InChI=1S/C14H22F3N5S/c1-10(14(15,16)17)21-4-6-22(7-5-21)13(18-3)20-9-12-8-19-11(2)23-12/h8,10H,4-7,9H2,1-3H3,(H,18,20). The lowest BCUT2D eigenvalue weighted by Crippen LogP contribution is -2.56. The Morgan fingerprint density at radius 2 is 2.04 bits per heavy atom. The molecule has 9 heteroatoms. The number of guanidine groups is 1. The van der Waals surface area contributed by atoms with Gasteiger partial charge in [-0.25, -0.2) is 4.98 Å². The number of rotatable bonds is 3. The number of nitrogens with zero attached hydrogens (tertiary/aromatic N) is 4. The minimum atomic E-state index is -4.17. The topological polar surface area (TPSA) is 43.8 Å². The van der Waals surface area contributed by atoms with Crippen LogP contribution in [0.4, 0.5) is 13.2 Å². The largest absolute Gasteiger partial charge is 0.403 e. The normalized spacial score (nSPS) is 19.0. The molecule has 1 aliphatic rings. The highest BCUT2D eigenvalue weighted by molar-refractivity contribution is 7.11. The molecular weight excluding hydrogens is 327 g/mol. The van der Waals surface area contributed by atoms with Gasteiger partial charge in [0.05, 0.1) is 11.6 Å². The van der Waals surface area contributed by atoms with Gasteiger partial charge in [-0.1, -0.05) is 0 Å². The quantitative estimate of drug-likeness (QED) is 0.670. The highest BCUT2D eigenvalue weighted by atomic mass is 32.1. The molecule has 1 N–H and O–H groups in total. The Kier molecular flexibility index (Phi) is 5.85. The van der Waals surface area contributed by atoms with Gasteiger partial charge in [0.2, 0.25) is 0 Å². The molecule has 5 nitrogen and oxygen atoms in total. The smallest absolute Gasteiger partial charge is 0.351 e. The van der Waals surface area contributed by atoms with Gasteiger partial charge in [0.1, 0.15) is 6.04 Å². The van der Waals surface area contributed by atoms with Crippen molar-refractivity contribution in [2.24, 2.45) is 4.99 Å². The Bertz CT molecular complexity index is 535. The summed E-state index contributed by atoms with van der Waals surface area (Å²) in [5.74, 6) is 0.718. The summed E-state index contributed by atoms with van der Waals surface area (Å²) in [6, 6.07) is -1.40. The van der Waals surface area contributed by atoms with Crippen molar-refractivity contribution in [3.63, 3.8) is 0 Å². The zero-order valence-electron chi connectivity index (χ0n) is 13.5. The van der Waals surface area contributed by atoms with Crippen molar-refractivity contribution in [2.75, 3.05) is 33.2 Å². The van der Waals surface area contributed by atoms with E-state index in [0.29, 0.717) is 32.7 Å². The maximum atomic E-state index is 12.8. The number of alkyl halides is 3. The number of aryl methyl sites for hydroxylation is 1. The lowest BCUT2D eigenvalue weighted by Gasteiger charge is -2.39. The van der Waals surface area contributed by atoms with Gasteiger partial charge >= 0.3 is 6.18 Å². The molecule has 1 unspecified atom stereocenters. The maximum Gasteiger partial charge on any atom is 0.403 e. The summed E-state index contributed by atoms with van der Waals surface area (Å²) in [4.78, 5) is 13.0. The van der Waals surface area contributed by atoms with Crippen molar-refractivity contribution in [3.8, 4) is 0 Å². The lowest BCUT2D eigenvalue weighted by molar-refractivity contribution is -0.181. The van der Waals surface area contributed by atoms with Gasteiger partial charge in [-0.2, -0.15) is 13.2 Å². The fraction of sp³-hybridized carbons (Fsp3) is 0.714. The number of piperazine rings is 1. The molecule has 1 aromatic rings. The number of thiazole rings is 1. The Hall–Kier alpha value is -1.35. The monoisotopic (exact) mass is 349 g/mol. The summed E-state index contributed by atoms with van der Waals surface area (Å²) in [5, 5.41) is 4.25. The first-order valence-corrected chi connectivity index (χ1v) is 8.30. The molecule has 0 amide bonds. The molecule has 2 rings (SSSR count). The number of hydrogen-bond acceptors (Lipinski definition) is 4. The molecule has 0 saturated carbocycles. The van der Waals surface area contributed by atoms with Crippen LogP contribution in [0.25, 0.3) is 0 Å². The van der Waals surface area contributed by atoms with E-state index in [1.165, 1.54) is 11.8 Å². The number of halogens is 3. The molecule has 0 aromatic carbocycles. The first-order chi connectivity index (χ1) is 10.8. The van der Waals surface area contributed by atoms with E-state index in [-0.39, 0.29) is 0 Å². The zero-order chi connectivity index (χ0) is 17.0. The molecule has 0 aliphatic carbocycles. The molecule has 1 aliphatic heterocycles. The van der Waals surface area contributed by atoms with E-state index < -0.39 is 12.2 Å². The second-order valence-corrected chi connectivity index (χ2v) is 6.81. The minimum Gasteiger partial charge on any atom is -0.351 e. The van der Waals surface area contributed by atoms with Gasteiger partial charge < -0.3 is 10.2 Å². The van der Waals surface area contributed by atoms with E-state index in [1.54, 1.807) is 18.4 Å². The van der Waals surface area contributed by atoms with Crippen molar-refractivity contribution in [2.45, 2.75) is 32.6 Å². The average molecular weight is 349 g/mol. The Morgan fingerprint density at radius 3 is 2.52 bits per heavy atom. The van der Waals surface area contributed by atoms with E-state index in [4.69, 9.17) is 0 Å². The van der Waals surface area contributed by atoms with Gasteiger partial charge in [-0.3, -0.25) is 9.89 Å². The molecule has 0 radical (unpaired) electrons. The summed E-state index contributed by atoms with van der Waals surface area (Å²) in [6.07, 6.45) is -2.35. The Morgan fingerprint density at radius 1 is 1.39 bits per heavy atom. The molecule has 1 atom stereocenters. The van der Waals surface area contributed by atoms with Gasteiger partial charge in [-0.05, 0) is 13.8 Å². The minimum absolute atomic E-state index is 0.376. The van der Waals surface area contributed by atoms with Crippen LogP contribution in [0.3, 0.4) is 0 Å². The molecule has 1 saturated heterocycles. The second-order valence-electron chi connectivity index (χ2n) is 5.49. The predicted octanol–water partition coefficient (Wildman–Crippen LogP) is 2.10. The molecule has 130 valence electrons. The van der Waals surface area contributed by atoms with E-state index >= 15 is 0 Å². The van der Waals surface area contributed by atoms with Gasteiger partial charge in [0.15, 0.2) is 5.96 Å². The van der Waals surface area contributed by atoms with Crippen LogP contribution in [-0.2, 0) is 6.54 Å². The summed E-state index contributed by atoms with van der Waals surface area (Å²) in [7, 11) is 1.69. The van der Waals surface area contributed by atoms with E-state index in [9.17, 15) is 13.2 Å². The molecule has 2 heterocycles. The third-order valence-corrected chi connectivity index (χ3v) is 4.85. The number of aliphatic imine (C=N–C) groups is 1. The Balaban J connectivity index is 1.85. The SMILES string of the molecule is CN=C(NCc1cnc(C)s1)N1CCN(C(C)C(F)(F)F)CC1. The highest BCUT2D eigenvalue weighted by Gasteiger charge is 2.41. The first-order valence-electron chi connectivity index (χ1n) is 7.49. The molecule has 1 aromatic heterocycles. The van der Waals surface area contributed by atoms with E-state index in [0.717, 1.165) is 15.8 Å². The fourth-order valence-corrected chi connectivity index (χ4v) is 3.25. The number of nitrogens with one attached hydrogen (secondary N) is 1. The number of hydrogen-bond donors (Lipinski definition) is 1. The van der Waals surface area contributed by atoms with Crippen molar-refractivity contribution in [1.29, 1.82) is 0 Å². The molecule has 0 spiro atoms. The average Bonchev–Trinajstić information content (AvgIpc) is 2.92. The molecule has 1 fully saturated rings. The van der Waals surface area contributed by atoms with Gasteiger partial charge in [-0.15, -0.1) is 11.3 Å². The fourth-order valence-electron chi connectivity index (χ4n) is 2.51. The van der Waals surface area contributed by atoms with Crippen LogP contribution in [0.5, 0.6) is 0 Å². The van der Waals surface area contributed by atoms with Crippen LogP contribution < -0.4 is 5.32 Å². The molecule has 23 heavy (non-hydrogen) atoms. The van der Waals surface area contributed by atoms with Crippen LogP contribution in [0, 0.1) is 6.92 Å². The summed E-state index contributed by atoms with van der Waals surface area (Å²) < 4.78 is 38.3. The van der Waals surface area contributed by atoms with Crippen LogP contribution in [0.15, 0.2) is 11.2 Å². The summed E-state index contributed by atoms with van der Waals surface area (Å²) in [5.41, 5.74) is 0. The second kappa shape index (κ2) is 7.48. The highest BCUT2D eigenvalue weighted by Crippen LogP contribution is 2.25. The van der Waals surface area contributed by atoms with Crippen molar-refractivity contribution in [3.05, 3.63) is 16.1 Å². The third-order valence-electron chi connectivity index (χ3n) is 3.94. The molecule has 0 bridgehead atoms. The summed E-state index contributed by atoms with van der Waals surface area (Å²) >= 11 is 1.61. The lowest BCUT2D eigenvalue weighted by atomic mass is 10.2. The Labute approximate surface area is 138 Å². The van der Waals surface area contributed by atoms with Gasteiger partial charge in [0, 0.05) is 44.3 Å². The van der Waals surface area contributed by atoms with Crippen molar-refractivity contribution >= 4 is 17.3 Å². The molecular formula is C14H22F3N5S. The number of aromatic nitrogens is 1. The van der Waals surface area contributed by atoms with Crippen molar-refractivity contribution < 1.29 is 13.2 Å². The van der Waals surface area contributed by atoms with E-state index in [1.807, 2.05) is 18.0 Å². The van der Waals surface area contributed by atoms with E-state index in [2.05, 4.69) is 15.3 Å². The van der Waals surface area contributed by atoms with Crippen LogP contribution >= 0.6 is 11.3 Å².